The van der Waals surface area contributed by atoms with Gasteiger partial charge in [-0.2, -0.15) is 9.57 Å². The molecule has 2 N–H and O–H groups in total. The molecule has 3 aromatic rings. The Balaban J connectivity index is 1.51. The monoisotopic (exact) mass is 546 g/mol. The quantitative estimate of drug-likeness (QED) is 0.496. The summed E-state index contributed by atoms with van der Waals surface area (Å²) in [5.74, 6) is -0.347. The second kappa shape index (κ2) is 9.20. The minimum Gasteiger partial charge on any atom is -0.389 e. The lowest BCUT2D eigenvalue weighted by Crippen LogP contribution is -2.58. The zero-order valence-electron chi connectivity index (χ0n) is 20.9. The second-order valence-corrected chi connectivity index (χ2v) is 12.4. The summed E-state index contributed by atoms with van der Waals surface area (Å²) in [4.78, 5) is 8.80. The standard InChI is InChI=1S/C25H28ClFN6O3S/c1-12(2)32-13(3)16(10-28)22-18(27)7-14(8-21(22)32)23-17(26)11-29-25(31-23)30-19-9-15-5-6-20(24(19)34)33(15)37(4,35)36/h7-8,11-12,15,19-20,24,34H,5-6,9H2,1-4H3,(H,29,30,31)/t15-,19-,20+,24+/m0/s1. The smallest absolute Gasteiger partial charge is 0.223 e. The fourth-order valence-corrected chi connectivity index (χ4v) is 7.70. The molecule has 0 unspecified atom stereocenters. The van der Waals surface area contributed by atoms with Crippen LogP contribution in [0, 0.1) is 24.1 Å². The molecule has 12 heteroatoms. The van der Waals surface area contributed by atoms with E-state index in [1.165, 1.54) is 22.8 Å². The number of piperidine rings is 1. The first-order chi connectivity index (χ1) is 17.4. The second-order valence-electron chi connectivity index (χ2n) is 10.1. The van der Waals surface area contributed by atoms with Gasteiger partial charge in [-0.3, -0.25) is 0 Å². The highest BCUT2D eigenvalue weighted by molar-refractivity contribution is 7.88. The zero-order chi connectivity index (χ0) is 26.8. The summed E-state index contributed by atoms with van der Waals surface area (Å²) in [5, 5.41) is 24.2. The van der Waals surface area contributed by atoms with E-state index in [0.717, 1.165) is 0 Å². The van der Waals surface area contributed by atoms with Crippen molar-refractivity contribution in [3.05, 3.63) is 40.4 Å². The Hall–Kier alpha value is -2.78. The van der Waals surface area contributed by atoms with E-state index in [1.807, 2.05) is 18.4 Å². The van der Waals surface area contributed by atoms with Gasteiger partial charge in [0, 0.05) is 23.3 Å². The highest BCUT2D eigenvalue weighted by Gasteiger charge is 2.50. The van der Waals surface area contributed by atoms with E-state index in [-0.39, 0.29) is 28.4 Å². The van der Waals surface area contributed by atoms with Crippen molar-refractivity contribution >= 4 is 38.5 Å². The number of sulfonamides is 1. The van der Waals surface area contributed by atoms with Crippen molar-refractivity contribution in [1.82, 2.24) is 18.8 Å². The summed E-state index contributed by atoms with van der Waals surface area (Å²) >= 11 is 6.44. The maximum atomic E-state index is 15.4. The summed E-state index contributed by atoms with van der Waals surface area (Å²) in [5.41, 5.74) is 2.29. The largest absolute Gasteiger partial charge is 0.389 e. The van der Waals surface area contributed by atoms with Crippen molar-refractivity contribution in [3.8, 4) is 17.3 Å². The number of aliphatic hydroxyl groups excluding tert-OH is 1. The van der Waals surface area contributed by atoms with Crippen LogP contribution in [-0.4, -0.2) is 62.8 Å². The number of nitrogens with zero attached hydrogens (tertiary/aromatic N) is 5. The molecule has 0 saturated carbocycles. The molecule has 2 saturated heterocycles. The summed E-state index contributed by atoms with van der Waals surface area (Å²) < 4.78 is 43.2. The predicted molar refractivity (Wildman–Crippen MR) is 139 cm³/mol. The average molecular weight is 547 g/mol. The van der Waals surface area contributed by atoms with Gasteiger partial charge in [0.2, 0.25) is 16.0 Å². The lowest BCUT2D eigenvalue weighted by atomic mass is 9.96. The van der Waals surface area contributed by atoms with Crippen LogP contribution in [0.15, 0.2) is 18.3 Å². The Kier molecular flexibility index (Phi) is 6.43. The number of aromatic nitrogens is 3. The normalized spacial score (nSPS) is 24.1. The van der Waals surface area contributed by atoms with Crippen LogP contribution in [0.1, 0.15) is 50.4 Å². The van der Waals surface area contributed by atoms with Gasteiger partial charge in [0.25, 0.3) is 0 Å². The number of fused-ring (bicyclic) bond motifs is 3. The van der Waals surface area contributed by atoms with Gasteiger partial charge in [-0.25, -0.2) is 22.8 Å². The van der Waals surface area contributed by atoms with Crippen molar-refractivity contribution in [2.75, 3.05) is 11.6 Å². The number of nitrogens with one attached hydrogen (secondary N) is 1. The van der Waals surface area contributed by atoms with Crippen LogP contribution in [0.4, 0.5) is 10.3 Å². The van der Waals surface area contributed by atoms with Crippen molar-refractivity contribution in [3.63, 3.8) is 0 Å². The number of aliphatic hydroxyl groups is 1. The molecule has 4 heterocycles. The van der Waals surface area contributed by atoms with Gasteiger partial charge in [-0.05, 0) is 52.2 Å². The molecule has 37 heavy (non-hydrogen) atoms. The first-order valence-corrected chi connectivity index (χ1v) is 14.3. The van der Waals surface area contributed by atoms with E-state index in [4.69, 9.17) is 11.6 Å². The fourth-order valence-electron chi connectivity index (χ4n) is 6.05. The number of benzene rings is 1. The van der Waals surface area contributed by atoms with Crippen LogP contribution in [0.25, 0.3) is 22.2 Å². The van der Waals surface area contributed by atoms with E-state index in [1.54, 1.807) is 13.0 Å². The number of hydrogen-bond acceptors (Lipinski definition) is 7. The maximum absolute atomic E-state index is 15.4. The highest BCUT2D eigenvalue weighted by Crippen LogP contribution is 2.39. The third-order valence-corrected chi connectivity index (χ3v) is 9.07. The molecule has 0 spiro atoms. The molecule has 2 bridgehead atoms. The molecule has 5 rings (SSSR count). The molecule has 2 aromatic heterocycles. The zero-order valence-corrected chi connectivity index (χ0v) is 22.5. The summed E-state index contributed by atoms with van der Waals surface area (Å²) in [7, 11) is -3.44. The van der Waals surface area contributed by atoms with Gasteiger partial charge in [-0.1, -0.05) is 11.6 Å². The Labute approximate surface area is 219 Å². The summed E-state index contributed by atoms with van der Waals surface area (Å²) in [6.07, 6.45) is 3.31. The van der Waals surface area contributed by atoms with Crippen LogP contribution < -0.4 is 5.32 Å². The van der Waals surface area contributed by atoms with Crippen molar-refractivity contribution in [2.45, 2.75) is 70.3 Å². The van der Waals surface area contributed by atoms with Crippen LogP contribution in [-0.2, 0) is 10.0 Å². The van der Waals surface area contributed by atoms with E-state index in [9.17, 15) is 18.8 Å². The molecule has 1 aromatic carbocycles. The summed E-state index contributed by atoms with van der Waals surface area (Å²) in [6.45, 7) is 5.72. The number of hydrogen-bond donors (Lipinski definition) is 2. The van der Waals surface area contributed by atoms with Gasteiger partial charge in [0.15, 0.2) is 0 Å². The molecule has 0 radical (unpaired) electrons. The average Bonchev–Trinajstić information content (AvgIpc) is 3.33. The Morgan fingerprint density at radius 2 is 2.05 bits per heavy atom. The Morgan fingerprint density at radius 3 is 2.70 bits per heavy atom. The number of halogens is 2. The Bertz CT molecular complexity index is 1550. The molecular formula is C25H28ClFN6O3S. The molecule has 2 aliphatic rings. The third-order valence-electron chi connectivity index (χ3n) is 7.46. The number of rotatable bonds is 5. The molecule has 4 atom stereocenters. The van der Waals surface area contributed by atoms with Crippen LogP contribution in [0.2, 0.25) is 5.02 Å². The first kappa shape index (κ1) is 25.9. The van der Waals surface area contributed by atoms with Crippen molar-refractivity contribution in [1.29, 1.82) is 5.26 Å². The van der Waals surface area contributed by atoms with E-state index < -0.39 is 34.0 Å². The van der Waals surface area contributed by atoms with Gasteiger partial charge in [0.1, 0.15) is 11.9 Å². The van der Waals surface area contributed by atoms with Crippen LogP contribution >= 0.6 is 11.6 Å². The lowest BCUT2D eigenvalue weighted by Gasteiger charge is -2.41. The van der Waals surface area contributed by atoms with Crippen LogP contribution in [0.5, 0.6) is 0 Å². The maximum Gasteiger partial charge on any atom is 0.223 e. The van der Waals surface area contributed by atoms with E-state index in [0.29, 0.717) is 47.3 Å². The number of nitriles is 1. The van der Waals surface area contributed by atoms with Crippen LogP contribution in [0.3, 0.4) is 0 Å². The van der Waals surface area contributed by atoms with Gasteiger partial charge in [0.05, 0.1) is 57.8 Å². The van der Waals surface area contributed by atoms with E-state index in [2.05, 4.69) is 21.4 Å². The molecule has 2 fully saturated rings. The molecule has 2 aliphatic heterocycles. The lowest BCUT2D eigenvalue weighted by molar-refractivity contribution is 0.0472. The third kappa shape index (κ3) is 4.26. The number of anilines is 1. The molecule has 0 amide bonds. The van der Waals surface area contributed by atoms with Gasteiger partial charge in [-0.15, -0.1) is 0 Å². The SMILES string of the molecule is Cc1c(C#N)c2c(F)cc(-c3nc(N[C@H]4C[C@@H]5CC[C@H]([C@@H]4O)N5S(C)(=O)=O)ncc3Cl)cc2n1C(C)C. The minimum absolute atomic E-state index is 0.00740. The topological polar surface area (TPSA) is 124 Å². The Morgan fingerprint density at radius 1 is 1.32 bits per heavy atom. The molecule has 0 aliphatic carbocycles. The van der Waals surface area contributed by atoms with Crippen molar-refractivity contribution < 1.29 is 17.9 Å². The van der Waals surface area contributed by atoms with E-state index >= 15 is 4.39 Å². The van der Waals surface area contributed by atoms with Gasteiger partial charge >= 0.3 is 0 Å². The fraction of sp³-hybridized carbons (Fsp3) is 0.480. The highest BCUT2D eigenvalue weighted by atomic mass is 35.5. The van der Waals surface area contributed by atoms with Crippen molar-refractivity contribution in [2.24, 2.45) is 0 Å². The first-order valence-electron chi connectivity index (χ1n) is 12.1. The molecule has 196 valence electrons. The minimum atomic E-state index is -3.44. The van der Waals surface area contributed by atoms with Gasteiger partial charge < -0.3 is 15.0 Å². The summed E-state index contributed by atoms with van der Waals surface area (Å²) in [6, 6.07) is 4.03. The molecular weight excluding hydrogens is 519 g/mol. The predicted octanol–water partition coefficient (Wildman–Crippen LogP) is 3.99. The molecule has 9 nitrogen and oxygen atoms in total.